The summed E-state index contributed by atoms with van der Waals surface area (Å²) in [5.74, 6) is -0.195. The maximum absolute atomic E-state index is 12.3. The van der Waals surface area contributed by atoms with Crippen LogP contribution in [0.5, 0.6) is 5.75 Å². The van der Waals surface area contributed by atoms with Crippen LogP contribution in [0.3, 0.4) is 0 Å². The second kappa shape index (κ2) is 8.39. The Morgan fingerprint density at radius 2 is 1.88 bits per heavy atom. The van der Waals surface area contributed by atoms with Gasteiger partial charge in [0.15, 0.2) is 6.61 Å². The molecule has 25 heavy (non-hydrogen) atoms. The highest BCUT2D eigenvalue weighted by Crippen LogP contribution is 2.21. The van der Waals surface area contributed by atoms with E-state index in [0.717, 1.165) is 11.3 Å². The highest BCUT2D eigenvalue weighted by molar-refractivity contribution is 6.31. The molecule has 0 aliphatic rings. The first kappa shape index (κ1) is 18.6. The van der Waals surface area contributed by atoms with E-state index >= 15 is 0 Å². The lowest BCUT2D eigenvalue weighted by Crippen LogP contribution is -2.32. The van der Waals surface area contributed by atoms with Crippen molar-refractivity contribution < 1.29 is 14.3 Å². The van der Waals surface area contributed by atoms with E-state index in [9.17, 15) is 9.59 Å². The normalized spacial score (nSPS) is 11.5. The number of nitrogens with one attached hydrogen (secondary N) is 2. The van der Waals surface area contributed by atoms with Crippen LogP contribution >= 0.6 is 11.6 Å². The molecule has 0 fully saturated rings. The van der Waals surface area contributed by atoms with Crippen LogP contribution in [0, 0.1) is 6.92 Å². The molecular formula is C18H20ClN3O3. The summed E-state index contributed by atoms with van der Waals surface area (Å²) in [6, 6.07) is 11.8. The Balaban J connectivity index is 1.94. The van der Waals surface area contributed by atoms with Crippen molar-refractivity contribution in [3.05, 3.63) is 53.1 Å². The van der Waals surface area contributed by atoms with Gasteiger partial charge in [0.05, 0.1) is 0 Å². The van der Waals surface area contributed by atoms with Crippen LogP contribution in [0.1, 0.15) is 12.5 Å². The molecule has 6 nitrogen and oxygen atoms in total. The number of carbonyl (C=O) groups excluding carboxylic acids is 2. The predicted octanol–water partition coefficient (Wildman–Crippen LogP) is 2.95. The van der Waals surface area contributed by atoms with Crippen molar-refractivity contribution in [3.8, 4) is 5.75 Å². The summed E-state index contributed by atoms with van der Waals surface area (Å²) < 4.78 is 5.18. The molecule has 2 amide bonds. The third-order valence-electron chi connectivity index (χ3n) is 3.47. The van der Waals surface area contributed by atoms with E-state index in [1.165, 1.54) is 0 Å². The molecule has 0 unspecified atom stereocenters. The minimum atomic E-state index is -0.538. The van der Waals surface area contributed by atoms with Gasteiger partial charge in [-0.05, 0) is 55.8 Å². The molecule has 2 rings (SSSR count). The summed E-state index contributed by atoms with van der Waals surface area (Å²) in [6.07, 6.45) is 0. The van der Waals surface area contributed by atoms with E-state index in [-0.39, 0.29) is 12.5 Å². The molecule has 0 aliphatic heterocycles. The fraction of sp³-hybridized carbons (Fsp3) is 0.222. The fourth-order valence-corrected chi connectivity index (χ4v) is 2.26. The van der Waals surface area contributed by atoms with Crippen LogP contribution in [0.2, 0.25) is 5.02 Å². The summed E-state index contributed by atoms with van der Waals surface area (Å²) >= 11 is 5.96. The predicted molar refractivity (Wildman–Crippen MR) is 99.0 cm³/mol. The van der Waals surface area contributed by atoms with Gasteiger partial charge in [-0.3, -0.25) is 9.59 Å². The summed E-state index contributed by atoms with van der Waals surface area (Å²) in [6.45, 7) is 3.48. The van der Waals surface area contributed by atoms with Crippen LogP contribution < -0.4 is 21.1 Å². The fourth-order valence-electron chi connectivity index (χ4n) is 2.09. The van der Waals surface area contributed by atoms with E-state index in [1.807, 2.05) is 13.0 Å². The van der Waals surface area contributed by atoms with Gasteiger partial charge in [-0.25, -0.2) is 0 Å². The number of aryl methyl sites for hydroxylation is 1. The molecule has 7 heteroatoms. The minimum absolute atomic E-state index is 0.176. The van der Waals surface area contributed by atoms with Gasteiger partial charge in [0.25, 0.3) is 5.91 Å². The van der Waals surface area contributed by atoms with Gasteiger partial charge in [0.2, 0.25) is 5.91 Å². The second-order valence-electron chi connectivity index (χ2n) is 5.59. The van der Waals surface area contributed by atoms with Crippen molar-refractivity contribution in [2.75, 3.05) is 17.2 Å². The number of amides is 2. The number of anilines is 2. The van der Waals surface area contributed by atoms with Crippen LogP contribution in [0.4, 0.5) is 11.4 Å². The average Bonchev–Trinajstić information content (AvgIpc) is 2.57. The number of primary amides is 1. The number of rotatable bonds is 7. The van der Waals surface area contributed by atoms with Crippen LogP contribution in [-0.4, -0.2) is 24.5 Å². The number of benzene rings is 2. The van der Waals surface area contributed by atoms with Crippen LogP contribution in [0.25, 0.3) is 0 Å². The third kappa shape index (κ3) is 5.69. The quantitative estimate of drug-likeness (QED) is 0.706. The molecule has 0 saturated carbocycles. The van der Waals surface area contributed by atoms with Gasteiger partial charge in [-0.1, -0.05) is 17.7 Å². The largest absolute Gasteiger partial charge is 0.484 e. The SMILES string of the molecule is Cc1ccc(Cl)cc1NC(=O)[C@H](C)Nc1ccc(OCC(N)=O)cc1. The van der Waals surface area contributed by atoms with Crippen molar-refractivity contribution >= 4 is 34.8 Å². The van der Waals surface area contributed by atoms with Crippen LogP contribution in [-0.2, 0) is 9.59 Å². The average molecular weight is 362 g/mol. The van der Waals surface area contributed by atoms with E-state index in [4.69, 9.17) is 22.1 Å². The van der Waals surface area contributed by atoms with Gasteiger partial charge in [0, 0.05) is 16.4 Å². The van der Waals surface area contributed by atoms with Crippen molar-refractivity contribution in [1.82, 2.24) is 0 Å². The third-order valence-corrected chi connectivity index (χ3v) is 3.70. The van der Waals surface area contributed by atoms with Crippen molar-refractivity contribution in [1.29, 1.82) is 0 Å². The molecule has 2 aromatic rings. The molecule has 4 N–H and O–H groups in total. The lowest BCUT2D eigenvalue weighted by atomic mass is 10.2. The zero-order chi connectivity index (χ0) is 18.4. The minimum Gasteiger partial charge on any atom is -0.484 e. The zero-order valence-corrected chi connectivity index (χ0v) is 14.8. The maximum atomic E-state index is 12.3. The van der Waals surface area contributed by atoms with Crippen molar-refractivity contribution in [2.45, 2.75) is 19.9 Å². The van der Waals surface area contributed by atoms with Gasteiger partial charge in [-0.2, -0.15) is 0 Å². The Kier molecular flexibility index (Phi) is 6.25. The number of nitrogens with two attached hydrogens (primary N) is 1. The molecule has 0 heterocycles. The molecule has 2 aromatic carbocycles. The van der Waals surface area contributed by atoms with E-state index < -0.39 is 11.9 Å². The lowest BCUT2D eigenvalue weighted by Gasteiger charge is -2.17. The summed E-state index contributed by atoms with van der Waals surface area (Å²) in [5.41, 5.74) is 7.38. The van der Waals surface area contributed by atoms with Gasteiger partial charge < -0.3 is 21.1 Å². The summed E-state index contributed by atoms with van der Waals surface area (Å²) in [7, 11) is 0. The highest BCUT2D eigenvalue weighted by atomic mass is 35.5. The highest BCUT2D eigenvalue weighted by Gasteiger charge is 2.14. The molecule has 0 saturated heterocycles. The van der Waals surface area contributed by atoms with Crippen molar-refractivity contribution in [2.24, 2.45) is 5.73 Å². The molecular weight excluding hydrogens is 342 g/mol. The molecule has 0 bridgehead atoms. The molecule has 1 atom stereocenters. The van der Waals surface area contributed by atoms with Crippen LogP contribution in [0.15, 0.2) is 42.5 Å². The Morgan fingerprint density at radius 3 is 2.52 bits per heavy atom. The first-order valence-corrected chi connectivity index (χ1v) is 8.07. The Hall–Kier alpha value is -2.73. The van der Waals surface area contributed by atoms with E-state index in [0.29, 0.717) is 16.5 Å². The van der Waals surface area contributed by atoms with Gasteiger partial charge in [0.1, 0.15) is 11.8 Å². The number of carbonyl (C=O) groups is 2. The molecule has 0 aliphatic carbocycles. The van der Waals surface area contributed by atoms with Gasteiger partial charge in [-0.15, -0.1) is 0 Å². The van der Waals surface area contributed by atoms with E-state index in [2.05, 4.69) is 10.6 Å². The summed E-state index contributed by atoms with van der Waals surface area (Å²) in [4.78, 5) is 23.0. The monoisotopic (exact) mass is 361 g/mol. The number of hydrogen-bond acceptors (Lipinski definition) is 4. The van der Waals surface area contributed by atoms with Gasteiger partial charge >= 0.3 is 0 Å². The maximum Gasteiger partial charge on any atom is 0.255 e. The zero-order valence-electron chi connectivity index (χ0n) is 14.0. The molecule has 0 aromatic heterocycles. The van der Waals surface area contributed by atoms with E-state index in [1.54, 1.807) is 43.3 Å². The molecule has 132 valence electrons. The number of ether oxygens (including phenoxy) is 1. The topological polar surface area (TPSA) is 93.4 Å². The Bertz CT molecular complexity index is 763. The molecule has 0 spiro atoms. The van der Waals surface area contributed by atoms with Crippen molar-refractivity contribution in [3.63, 3.8) is 0 Å². The first-order chi connectivity index (χ1) is 11.8. The lowest BCUT2D eigenvalue weighted by molar-refractivity contribution is -0.120. The number of halogens is 1. The second-order valence-corrected chi connectivity index (χ2v) is 6.03. The first-order valence-electron chi connectivity index (χ1n) is 7.70. The smallest absolute Gasteiger partial charge is 0.255 e. The summed E-state index contributed by atoms with van der Waals surface area (Å²) in [5, 5.41) is 6.51. The Morgan fingerprint density at radius 1 is 1.20 bits per heavy atom. The standard InChI is InChI=1S/C18H20ClN3O3/c1-11-3-4-13(19)9-16(11)22-18(24)12(2)21-14-5-7-15(8-6-14)25-10-17(20)23/h3-9,12,21H,10H2,1-2H3,(H2,20,23)(H,22,24)/t12-/m0/s1. The number of hydrogen-bond donors (Lipinski definition) is 3. The molecule has 0 radical (unpaired) electrons. The Labute approximate surface area is 151 Å².